The van der Waals surface area contributed by atoms with Crippen LogP contribution in [0.15, 0.2) is 12.4 Å². The Morgan fingerprint density at radius 2 is 2.06 bits per heavy atom. The summed E-state index contributed by atoms with van der Waals surface area (Å²) in [6, 6.07) is 2.02. The van der Waals surface area contributed by atoms with Gasteiger partial charge in [-0.05, 0) is 12.8 Å². The number of aromatic nitrogens is 2. The van der Waals surface area contributed by atoms with Crippen LogP contribution in [-0.4, -0.2) is 29.0 Å². The van der Waals surface area contributed by atoms with Crippen molar-refractivity contribution in [1.29, 1.82) is 5.26 Å². The van der Waals surface area contributed by atoms with Crippen molar-refractivity contribution >= 4 is 11.7 Å². The van der Waals surface area contributed by atoms with Crippen LogP contribution < -0.4 is 10.6 Å². The highest BCUT2D eigenvalue weighted by molar-refractivity contribution is 5.77. The van der Waals surface area contributed by atoms with Crippen LogP contribution in [0.25, 0.3) is 0 Å². The van der Waals surface area contributed by atoms with Gasteiger partial charge in [-0.1, -0.05) is 0 Å². The van der Waals surface area contributed by atoms with Crippen LogP contribution in [0.4, 0.5) is 5.82 Å². The Balaban J connectivity index is 2.11. The summed E-state index contributed by atoms with van der Waals surface area (Å²) in [5.41, 5.74) is 5.59. The third-order valence-electron chi connectivity index (χ3n) is 2.98. The van der Waals surface area contributed by atoms with Crippen LogP contribution in [-0.2, 0) is 4.79 Å². The van der Waals surface area contributed by atoms with Gasteiger partial charge in [0.25, 0.3) is 0 Å². The molecule has 1 aliphatic heterocycles. The summed E-state index contributed by atoms with van der Waals surface area (Å²) in [7, 11) is 0. The van der Waals surface area contributed by atoms with Crippen LogP contribution >= 0.6 is 0 Å². The molecule has 1 amide bonds. The second-order valence-electron chi connectivity index (χ2n) is 4.00. The van der Waals surface area contributed by atoms with Gasteiger partial charge < -0.3 is 10.6 Å². The molecule has 1 saturated heterocycles. The number of carbonyl (C=O) groups is 1. The normalized spacial score (nSPS) is 16.5. The number of rotatable bonds is 2. The number of carbonyl (C=O) groups excluding carboxylic acids is 1. The van der Waals surface area contributed by atoms with E-state index in [1.54, 1.807) is 6.20 Å². The van der Waals surface area contributed by atoms with Crippen molar-refractivity contribution in [2.45, 2.75) is 12.8 Å². The third kappa shape index (κ3) is 2.33. The summed E-state index contributed by atoms with van der Waals surface area (Å²) in [6.07, 6.45) is 4.47. The fourth-order valence-electron chi connectivity index (χ4n) is 2.02. The van der Waals surface area contributed by atoms with E-state index < -0.39 is 0 Å². The number of primary amides is 1. The molecule has 1 aromatic rings. The molecule has 6 heteroatoms. The monoisotopic (exact) mass is 231 g/mol. The molecule has 1 aliphatic rings. The van der Waals surface area contributed by atoms with Gasteiger partial charge in [-0.3, -0.25) is 4.79 Å². The summed E-state index contributed by atoms with van der Waals surface area (Å²) in [5.74, 6) is 0.288. The van der Waals surface area contributed by atoms with E-state index in [4.69, 9.17) is 11.0 Å². The van der Waals surface area contributed by atoms with Crippen molar-refractivity contribution in [2.24, 2.45) is 11.7 Å². The molecule has 0 aromatic carbocycles. The van der Waals surface area contributed by atoms with Crippen molar-refractivity contribution < 1.29 is 4.79 Å². The first-order valence-electron chi connectivity index (χ1n) is 5.47. The van der Waals surface area contributed by atoms with Gasteiger partial charge in [-0.25, -0.2) is 9.97 Å². The molecule has 88 valence electrons. The molecule has 0 saturated carbocycles. The van der Waals surface area contributed by atoms with Gasteiger partial charge in [0.2, 0.25) is 5.91 Å². The van der Waals surface area contributed by atoms with E-state index in [0.29, 0.717) is 37.4 Å². The van der Waals surface area contributed by atoms with E-state index >= 15 is 0 Å². The summed E-state index contributed by atoms with van der Waals surface area (Å²) >= 11 is 0. The lowest BCUT2D eigenvalue weighted by atomic mass is 9.96. The number of hydrogen-bond acceptors (Lipinski definition) is 5. The molecule has 0 spiro atoms. The highest BCUT2D eigenvalue weighted by Gasteiger charge is 2.25. The summed E-state index contributed by atoms with van der Waals surface area (Å²) in [5, 5.41) is 8.94. The van der Waals surface area contributed by atoms with Crippen molar-refractivity contribution in [3.05, 3.63) is 18.1 Å². The molecule has 2 heterocycles. The zero-order valence-corrected chi connectivity index (χ0v) is 9.33. The lowest BCUT2D eigenvalue weighted by Gasteiger charge is -2.31. The average molecular weight is 231 g/mol. The minimum absolute atomic E-state index is 0.0616. The van der Waals surface area contributed by atoms with Crippen LogP contribution in [0.2, 0.25) is 0 Å². The second kappa shape index (κ2) is 4.78. The molecular weight excluding hydrogens is 218 g/mol. The van der Waals surface area contributed by atoms with Gasteiger partial charge in [0.1, 0.15) is 6.07 Å². The maximum Gasteiger partial charge on any atom is 0.220 e. The molecule has 17 heavy (non-hydrogen) atoms. The predicted molar refractivity (Wildman–Crippen MR) is 60.9 cm³/mol. The smallest absolute Gasteiger partial charge is 0.220 e. The molecule has 0 bridgehead atoms. The average Bonchev–Trinajstić information content (AvgIpc) is 2.39. The number of piperidine rings is 1. The molecule has 2 rings (SSSR count). The first-order chi connectivity index (χ1) is 8.22. The fourth-order valence-corrected chi connectivity index (χ4v) is 2.02. The van der Waals surface area contributed by atoms with E-state index in [0.717, 1.165) is 0 Å². The standard InChI is InChI=1S/C11H13N5O/c12-7-9-11(15-4-3-14-9)16-5-1-8(2-6-16)10(13)17/h3-4,8H,1-2,5-6H2,(H2,13,17). The highest BCUT2D eigenvalue weighted by Crippen LogP contribution is 2.22. The van der Waals surface area contributed by atoms with E-state index in [1.165, 1.54) is 6.20 Å². The number of nitrogens with two attached hydrogens (primary N) is 1. The fraction of sp³-hybridized carbons (Fsp3) is 0.455. The predicted octanol–water partition coefficient (Wildman–Crippen LogP) is 0.0500. The molecular formula is C11H13N5O. The lowest BCUT2D eigenvalue weighted by molar-refractivity contribution is -0.122. The summed E-state index contributed by atoms with van der Waals surface area (Å²) < 4.78 is 0. The number of anilines is 1. The Morgan fingerprint density at radius 1 is 1.41 bits per heavy atom. The lowest BCUT2D eigenvalue weighted by Crippen LogP contribution is -2.39. The van der Waals surface area contributed by atoms with Crippen molar-refractivity contribution in [3.8, 4) is 6.07 Å². The number of nitrogens with zero attached hydrogens (tertiary/aromatic N) is 4. The van der Waals surface area contributed by atoms with Gasteiger partial charge in [0.05, 0.1) is 0 Å². The Bertz CT molecular complexity index is 459. The number of amides is 1. The van der Waals surface area contributed by atoms with Gasteiger partial charge in [0.15, 0.2) is 11.5 Å². The third-order valence-corrected chi connectivity index (χ3v) is 2.98. The second-order valence-corrected chi connectivity index (χ2v) is 4.00. The number of nitriles is 1. The van der Waals surface area contributed by atoms with Gasteiger partial charge in [0, 0.05) is 31.4 Å². The molecule has 1 aromatic heterocycles. The molecule has 6 nitrogen and oxygen atoms in total. The van der Waals surface area contributed by atoms with E-state index in [-0.39, 0.29) is 11.8 Å². The Labute approximate surface area is 99.1 Å². The zero-order chi connectivity index (χ0) is 12.3. The van der Waals surface area contributed by atoms with Crippen LogP contribution in [0, 0.1) is 17.2 Å². The molecule has 2 N–H and O–H groups in total. The number of hydrogen-bond donors (Lipinski definition) is 1. The van der Waals surface area contributed by atoms with E-state index in [9.17, 15) is 4.79 Å². The maximum absolute atomic E-state index is 11.0. The molecule has 0 atom stereocenters. The maximum atomic E-state index is 11.0. The highest BCUT2D eigenvalue weighted by atomic mass is 16.1. The summed E-state index contributed by atoms with van der Waals surface area (Å²) in [6.45, 7) is 1.36. The quantitative estimate of drug-likeness (QED) is 0.775. The van der Waals surface area contributed by atoms with Gasteiger partial charge in [-0.15, -0.1) is 0 Å². The van der Waals surface area contributed by atoms with E-state index in [2.05, 4.69) is 9.97 Å². The van der Waals surface area contributed by atoms with Crippen LogP contribution in [0.3, 0.4) is 0 Å². The van der Waals surface area contributed by atoms with Crippen molar-refractivity contribution in [2.75, 3.05) is 18.0 Å². The van der Waals surface area contributed by atoms with Gasteiger partial charge >= 0.3 is 0 Å². The van der Waals surface area contributed by atoms with Crippen molar-refractivity contribution in [1.82, 2.24) is 9.97 Å². The minimum Gasteiger partial charge on any atom is -0.369 e. The van der Waals surface area contributed by atoms with Crippen LogP contribution in [0.5, 0.6) is 0 Å². The Hall–Kier alpha value is -2.16. The topological polar surface area (TPSA) is 95.9 Å². The molecule has 1 fully saturated rings. The zero-order valence-electron chi connectivity index (χ0n) is 9.33. The van der Waals surface area contributed by atoms with Gasteiger partial charge in [-0.2, -0.15) is 5.26 Å². The van der Waals surface area contributed by atoms with Crippen molar-refractivity contribution in [3.63, 3.8) is 0 Å². The summed E-state index contributed by atoms with van der Waals surface area (Å²) in [4.78, 5) is 21.2. The first-order valence-corrected chi connectivity index (χ1v) is 5.47. The molecule has 0 unspecified atom stereocenters. The Morgan fingerprint density at radius 3 is 2.65 bits per heavy atom. The largest absolute Gasteiger partial charge is 0.369 e. The Kier molecular flexibility index (Phi) is 3.19. The molecule has 0 radical (unpaired) electrons. The SMILES string of the molecule is N#Cc1nccnc1N1CCC(C(N)=O)CC1. The van der Waals surface area contributed by atoms with Crippen LogP contribution in [0.1, 0.15) is 18.5 Å². The molecule has 0 aliphatic carbocycles. The van der Waals surface area contributed by atoms with E-state index in [1.807, 2.05) is 11.0 Å². The first kappa shape index (κ1) is 11.3. The minimum atomic E-state index is -0.246.